The van der Waals surface area contributed by atoms with Gasteiger partial charge in [-0.2, -0.15) is 0 Å². The lowest BCUT2D eigenvalue weighted by molar-refractivity contribution is -0.122. The Bertz CT molecular complexity index is 1660. The molecule has 0 aliphatic heterocycles. The van der Waals surface area contributed by atoms with Gasteiger partial charge in [-0.05, 0) is 70.9 Å². The molecule has 9 nitrogen and oxygen atoms in total. The number of benzene rings is 2. The first-order valence-electron chi connectivity index (χ1n) is 12.4. The minimum absolute atomic E-state index is 0. The molecule has 0 atom stereocenters. The molecule has 2 N–H and O–H groups in total. The second-order valence-corrected chi connectivity index (χ2v) is 10.4. The maximum atomic E-state index is 12.9. The summed E-state index contributed by atoms with van der Waals surface area (Å²) >= 11 is 16.6. The fraction of sp³-hybridized carbons (Fsp3) is 0.172. The number of carbonyl (C=O) groups is 3. The van der Waals surface area contributed by atoms with Gasteiger partial charge in [0.25, 0.3) is 5.91 Å². The number of aromatic nitrogens is 2. The number of anilines is 1. The minimum atomic E-state index is -0.450. The maximum absolute atomic E-state index is 12.9. The van der Waals surface area contributed by atoms with Crippen LogP contribution in [0.4, 0.5) is 5.69 Å². The summed E-state index contributed by atoms with van der Waals surface area (Å²) in [5.74, 6) is -0.494. The first-order valence-corrected chi connectivity index (χ1v) is 13.9. The van der Waals surface area contributed by atoms with E-state index in [4.69, 9.17) is 27.9 Å². The van der Waals surface area contributed by atoms with Crippen LogP contribution >= 0.6 is 51.5 Å². The molecule has 0 aliphatic carbocycles. The fourth-order valence-electron chi connectivity index (χ4n) is 3.90. The molecule has 0 fully saturated rings. The SMILES string of the molecule is CNC(=O)c1ccc(/C=C/C(=O)NCC(=O)N(C)c2ccc(Cl)c(COc3cccn4c(Br)c(C)nc34)c2Cl)cc1.Cl. The van der Waals surface area contributed by atoms with Crippen LogP contribution in [0.3, 0.4) is 0 Å². The molecule has 2 aromatic carbocycles. The number of pyridine rings is 1. The smallest absolute Gasteiger partial charge is 0.251 e. The third kappa shape index (κ3) is 7.43. The Labute approximate surface area is 267 Å². The van der Waals surface area contributed by atoms with Gasteiger partial charge >= 0.3 is 0 Å². The molecule has 0 saturated heterocycles. The lowest BCUT2D eigenvalue weighted by Crippen LogP contribution is -2.37. The first kappa shape index (κ1) is 32.9. The van der Waals surface area contributed by atoms with Crippen LogP contribution < -0.4 is 20.3 Å². The zero-order valence-corrected chi connectivity index (χ0v) is 26.7. The molecule has 0 saturated carbocycles. The van der Waals surface area contributed by atoms with E-state index in [0.29, 0.717) is 33.2 Å². The molecular formula is C29H27BrCl3N5O4. The van der Waals surface area contributed by atoms with E-state index in [-0.39, 0.29) is 42.4 Å². The molecule has 220 valence electrons. The summed E-state index contributed by atoms with van der Waals surface area (Å²) in [7, 11) is 3.11. The molecule has 4 aromatic rings. The molecular weight excluding hydrogens is 669 g/mol. The number of hydrogen-bond donors (Lipinski definition) is 2. The number of carbonyl (C=O) groups excluding carboxylic acids is 3. The van der Waals surface area contributed by atoms with Crippen LogP contribution in [0.2, 0.25) is 10.0 Å². The van der Waals surface area contributed by atoms with Crippen molar-refractivity contribution in [1.29, 1.82) is 0 Å². The van der Waals surface area contributed by atoms with Crippen LogP contribution in [0.15, 0.2) is 65.4 Å². The maximum Gasteiger partial charge on any atom is 0.251 e. The zero-order chi connectivity index (χ0) is 29.7. The third-order valence-electron chi connectivity index (χ3n) is 6.23. The second-order valence-electron chi connectivity index (χ2n) is 8.91. The number of nitrogens with one attached hydrogen (secondary N) is 2. The Hall–Kier alpha value is -3.57. The second kappa shape index (κ2) is 14.6. The number of nitrogens with zero attached hydrogens (tertiary/aromatic N) is 3. The molecule has 13 heteroatoms. The quantitative estimate of drug-likeness (QED) is 0.214. The van der Waals surface area contributed by atoms with Gasteiger partial charge in [0.1, 0.15) is 11.2 Å². The van der Waals surface area contributed by atoms with Crippen LogP contribution in [-0.2, 0) is 16.2 Å². The summed E-state index contributed by atoms with van der Waals surface area (Å²) in [5.41, 5.74) is 3.61. The van der Waals surface area contributed by atoms with Gasteiger partial charge in [-0.3, -0.25) is 18.8 Å². The van der Waals surface area contributed by atoms with Crippen molar-refractivity contribution < 1.29 is 19.1 Å². The van der Waals surface area contributed by atoms with Gasteiger partial charge in [0.15, 0.2) is 11.4 Å². The highest BCUT2D eigenvalue weighted by atomic mass is 79.9. The molecule has 4 rings (SSSR count). The van der Waals surface area contributed by atoms with Crippen LogP contribution in [-0.4, -0.2) is 47.7 Å². The predicted octanol–water partition coefficient (Wildman–Crippen LogP) is 5.86. The van der Waals surface area contributed by atoms with Gasteiger partial charge in [0.05, 0.1) is 22.9 Å². The average molecular weight is 696 g/mol. The summed E-state index contributed by atoms with van der Waals surface area (Å²) in [4.78, 5) is 42.7. The topological polar surface area (TPSA) is 105 Å². The molecule has 0 unspecified atom stereocenters. The van der Waals surface area contributed by atoms with Gasteiger partial charge in [-0.15, -0.1) is 12.4 Å². The number of hydrogen-bond acceptors (Lipinski definition) is 5. The van der Waals surface area contributed by atoms with Crippen molar-refractivity contribution in [2.45, 2.75) is 13.5 Å². The number of aryl methyl sites for hydroxylation is 1. The molecule has 0 aliphatic rings. The van der Waals surface area contributed by atoms with Gasteiger partial charge in [0, 0.05) is 42.5 Å². The number of fused-ring (bicyclic) bond motifs is 1. The molecule has 2 heterocycles. The summed E-state index contributed by atoms with van der Waals surface area (Å²) in [5, 5.41) is 5.76. The van der Waals surface area contributed by atoms with Gasteiger partial charge in [0.2, 0.25) is 11.8 Å². The lowest BCUT2D eigenvalue weighted by atomic mass is 10.1. The summed E-state index contributed by atoms with van der Waals surface area (Å²) in [6, 6.07) is 13.6. The van der Waals surface area contributed by atoms with Crippen LogP contribution in [0.1, 0.15) is 27.2 Å². The van der Waals surface area contributed by atoms with Crippen LogP contribution in [0.5, 0.6) is 5.75 Å². The van der Waals surface area contributed by atoms with Gasteiger partial charge in [-0.1, -0.05) is 35.3 Å². The highest BCUT2D eigenvalue weighted by Crippen LogP contribution is 2.35. The predicted molar refractivity (Wildman–Crippen MR) is 171 cm³/mol. The standard InChI is InChI=1S/C29H26BrCl2N5O4.ClH/c1-17-27(30)37-14-4-5-23(28(37)35-17)41-16-20-21(31)11-12-22(26(20)32)36(3)25(39)15-34-24(38)13-8-18-6-9-19(10-7-18)29(40)33-2;/h4-14H,15-16H2,1-3H3,(H,33,40)(H,34,38);1H/b13-8+;. The van der Waals surface area contributed by atoms with Crippen molar-refractivity contribution in [1.82, 2.24) is 20.0 Å². The Kier molecular flexibility index (Phi) is 11.4. The van der Waals surface area contributed by atoms with Crippen LogP contribution in [0, 0.1) is 6.92 Å². The van der Waals surface area contributed by atoms with Crippen LogP contribution in [0.25, 0.3) is 11.7 Å². The summed E-state index contributed by atoms with van der Waals surface area (Å²) in [6.45, 7) is 1.68. The van der Waals surface area contributed by atoms with Crippen molar-refractivity contribution >= 4 is 86.7 Å². The Balaban J connectivity index is 0.00000484. The Morgan fingerprint density at radius 2 is 1.83 bits per heavy atom. The van der Waals surface area contributed by atoms with Crippen molar-refractivity contribution in [3.8, 4) is 5.75 Å². The van der Waals surface area contributed by atoms with E-state index in [0.717, 1.165) is 15.9 Å². The highest BCUT2D eigenvalue weighted by Gasteiger charge is 2.20. The normalized spacial score (nSPS) is 10.8. The lowest BCUT2D eigenvalue weighted by Gasteiger charge is -2.21. The van der Waals surface area contributed by atoms with Crippen molar-refractivity contribution in [2.75, 3.05) is 25.5 Å². The Morgan fingerprint density at radius 3 is 2.52 bits per heavy atom. The number of likely N-dealkylation sites (N-methyl/N-ethyl adjacent to an activating group) is 1. The van der Waals surface area contributed by atoms with E-state index < -0.39 is 5.91 Å². The largest absolute Gasteiger partial charge is 0.485 e. The number of halogens is 4. The number of ether oxygens (including phenoxy) is 1. The zero-order valence-electron chi connectivity index (χ0n) is 22.8. The van der Waals surface area contributed by atoms with Crippen molar-refractivity contribution in [3.63, 3.8) is 0 Å². The monoisotopic (exact) mass is 693 g/mol. The van der Waals surface area contributed by atoms with E-state index in [1.165, 1.54) is 11.0 Å². The fourth-order valence-corrected chi connectivity index (χ4v) is 4.88. The Morgan fingerprint density at radius 1 is 1.12 bits per heavy atom. The summed E-state index contributed by atoms with van der Waals surface area (Å²) < 4.78 is 8.73. The molecule has 0 radical (unpaired) electrons. The number of rotatable bonds is 9. The molecule has 2 aromatic heterocycles. The summed E-state index contributed by atoms with van der Waals surface area (Å²) in [6.07, 6.45) is 4.77. The van der Waals surface area contributed by atoms with Crippen molar-refractivity contribution in [3.05, 3.63) is 97.8 Å². The molecule has 42 heavy (non-hydrogen) atoms. The van der Waals surface area contributed by atoms with E-state index in [1.54, 1.807) is 62.6 Å². The van der Waals surface area contributed by atoms with E-state index in [1.807, 2.05) is 23.6 Å². The van der Waals surface area contributed by atoms with Gasteiger partial charge in [-0.25, -0.2) is 4.98 Å². The third-order valence-corrected chi connectivity index (χ3v) is 7.96. The molecule has 0 spiro atoms. The van der Waals surface area contributed by atoms with E-state index in [2.05, 4.69) is 31.5 Å². The van der Waals surface area contributed by atoms with Crippen molar-refractivity contribution in [2.24, 2.45) is 0 Å². The van der Waals surface area contributed by atoms with E-state index in [9.17, 15) is 14.4 Å². The highest BCUT2D eigenvalue weighted by molar-refractivity contribution is 9.10. The average Bonchev–Trinajstić information content (AvgIpc) is 3.27. The first-order chi connectivity index (χ1) is 19.6. The molecule has 3 amide bonds. The number of amides is 3. The number of imidazole rings is 1. The van der Waals surface area contributed by atoms with Gasteiger partial charge < -0.3 is 20.3 Å². The minimum Gasteiger partial charge on any atom is -0.485 e. The molecule has 0 bridgehead atoms. The van der Waals surface area contributed by atoms with E-state index >= 15 is 0 Å².